The monoisotopic (exact) mass is 195 g/mol. The number of hydrogen-bond acceptors (Lipinski definition) is 2. The normalized spacial score (nSPS) is 33.0. The van der Waals surface area contributed by atoms with Gasteiger partial charge in [-0.1, -0.05) is 0 Å². The van der Waals surface area contributed by atoms with E-state index in [-0.39, 0.29) is 18.6 Å². The van der Waals surface area contributed by atoms with Crippen molar-refractivity contribution in [3.05, 3.63) is 0 Å². The van der Waals surface area contributed by atoms with E-state index in [1.54, 1.807) is 0 Å². The Morgan fingerprint density at radius 3 is 2.54 bits per heavy atom. The molecule has 1 saturated heterocycles. The summed E-state index contributed by atoms with van der Waals surface area (Å²) in [7, 11) is 0. The van der Waals surface area contributed by atoms with Crippen LogP contribution in [-0.4, -0.2) is 31.0 Å². The van der Waals surface area contributed by atoms with Gasteiger partial charge >= 0.3 is 6.18 Å². The van der Waals surface area contributed by atoms with Crippen LogP contribution in [0.5, 0.6) is 0 Å². The highest BCUT2D eigenvalue weighted by Crippen LogP contribution is 2.39. The summed E-state index contributed by atoms with van der Waals surface area (Å²) in [6.07, 6.45) is -3.86. The van der Waals surface area contributed by atoms with E-state index in [1.165, 1.54) is 0 Å². The highest BCUT2D eigenvalue weighted by molar-refractivity contribution is 5.03. The lowest BCUT2D eigenvalue weighted by molar-refractivity contribution is -0.220. The minimum Gasteiger partial charge on any atom is -0.367 e. The van der Waals surface area contributed by atoms with Crippen molar-refractivity contribution in [2.75, 3.05) is 13.2 Å². The minimum atomic E-state index is -4.21. The molecule has 2 rings (SSSR count). The molecule has 0 radical (unpaired) electrons. The Kier molecular flexibility index (Phi) is 2.03. The SMILES string of the molecule is FC(F)(F)C1CCNC2(CC2)CO1. The standard InChI is InChI=1S/C8H12F3NO/c9-8(10,11)6-1-4-12-7(2-3-7)5-13-6/h6,12H,1-5H2. The Hall–Kier alpha value is -0.290. The Bertz CT molecular complexity index is 200. The molecule has 0 aromatic carbocycles. The highest BCUT2D eigenvalue weighted by Gasteiger charge is 2.49. The van der Waals surface area contributed by atoms with Crippen molar-refractivity contribution in [2.24, 2.45) is 0 Å². The second kappa shape index (κ2) is 2.85. The van der Waals surface area contributed by atoms with Gasteiger partial charge in [-0.05, 0) is 25.8 Å². The van der Waals surface area contributed by atoms with Crippen LogP contribution in [0.15, 0.2) is 0 Å². The van der Waals surface area contributed by atoms with E-state index in [2.05, 4.69) is 5.32 Å². The van der Waals surface area contributed by atoms with Gasteiger partial charge in [0.2, 0.25) is 0 Å². The number of nitrogens with one attached hydrogen (secondary N) is 1. The zero-order valence-electron chi connectivity index (χ0n) is 7.16. The molecule has 1 aliphatic heterocycles. The van der Waals surface area contributed by atoms with Gasteiger partial charge in [0, 0.05) is 5.54 Å². The molecule has 2 nitrogen and oxygen atoms in total. The van der Waals surface area contributed by atoms with Gasteiger partial charge in [-0.2, -0.15) is 13.2 Å². The molecule has 5 heteroatoms. The van der Waals surface area contributed by atoms with Crippen LogP contribution in [0.1, 0.15) is 19.3 Å². The maximum Gasteiger partial charge on any atom is 0.414 e. The fourth-order valence-corrected chi connectivity index (χ4v) is 1.59. The summed E-state index contributed by atoms with van der Waals surface area (Å²) >= 11 is 0. The minimum absolute atomic E-state index is 0.0330. The van der Waals surface area contributed by atoms with Crippen LogP contribution in [0, 0.1) is 0 Å². The molecule has 1 atom stereocenters. The molecule has 1 heterocycles. The van der Waals surface area contributed by atoms with E-state index in [1.807, 2.05) is 0 Å². The van der Waals surface area contributed by atoms with Gasteiger partial charge in [-0.15, -0.1) is 0 Å². The summed E-state index contributed by atoms with van der Waals surface area (Å²) < 4.78 is 41.6. The van der Waals surface area contributed by atoms with Crippen molar-refractivity contribution in [2.45, 2.75) is 37.1 Å². The van der Waals surface area contributed by atoms with E-state index in [4.69, 9.17) is 4.74 Å². The molecule has 1 saturated carbocycles. The molecule has 2 aliphatic rings. The smallest absolute Gasteiger partial charge is 0.367 e. The van der Waals surface area contributed by atoms with E-state index >= 15 is 0 Å². The molecule has 0 aromatic rings. The topological polar surface area (TPSA) is 21.3 Å². The van der Waals surface area contributed by atoms with Crippen molar-refractivity contribution in [3.8, 4) is 0 Å². The Morgan fingerprint density at radius 1 is 1.31 bits per heavy atom. The number of rotatable bonds is 0. The van der Waals surface area contributed by atoms with Gasteiger partial charge in [0.15, 0.2) is 6.10 Å². The molecule has 1 aliphatic carbocycles. The fraction of sp³-hybridized carbons (Fsp3) is 1.00. The first kappa shape index (κ1) is 9.27. The number of halogens is 3. The van der Waals surface area contributed by atoms with Gasteiger partial charge in [0.25, 0.3) is 0 Å². The van der Waals surface area contributed by atoms with Gasteiger partial charge in [-0.25, -0.2) is 0 Å². The number of alkyl halides is 3. The van der Waals surface area contributed by atoms with Crippen LogP contribution in [0.2, 0.25) is 0 Å². The largest absolute Gasteiger partial charge is 0.414 e. The summed E-state index contributed by atoms with van der Waals surface area (Å²) in [5.41, 5.74) is -0.111. The summed E-state index contributed by atoms with van der Waals surface area (Å²) in [6, 6.07) is 0. The number of hydrogen-bond donors (Lipinski definition) is 1. The fourth-order valence-electron chi connectivity index (χ4n) is 1.59. The summed E-state index contributed by atoms with van der Waals surface area (Å²) in [5.74, 6) is 0. The van der Waals surface area contributed by atoms with Crippen molar-refractivity contribution >= 4 is 0 Å². The lowest BCUT2D eigenvalue weighted by Gasteiger charge is -2.18. The molecule has 1 spiro atoms. The van der Waals surface area contributed by atoms with Crippen LogP contribution >= 0.6 is 0 Å². The van der Waals surface area contributed by atoms with E-state index in [9.17, 15) is 13.2 Å². The van der Waals surface area contributed by atoms with E-state index in [0.717, 1.165) is 12.8 Å². The van der Waals surface area contributed by atoms with Crippen LogP contribution in [0.3, 0.4) is 0 Å². The first-order chi connectivity index (χ1) is 6.02. The summed E-state index contributed by atoms with van der Waals surface area (Å²) in [4.78, 5) is 0. The van der Waals surface area contributed by atoms with Crippen LogP contribution in [-0.2, 0) is 4.74 Å². The van der Waals surface area contributed by atoms with Gasteiger partial charge in [0.1, 0.15) is 0 Å². The molecule has 2 fully saturated rings. The zero-order chi connectivity index (χ0) is 9.53. The lowest BCUT2D eigenvalue weighted by Crippen LogP contribution is -2.34. The molecular weight excluding hydrogens is 183 g/mol. The molecule has 0 aromatic heterocycles. The summed E-state index contributed by atoms with van der Waals surface area (Å²) in [5, 5.41) is 3.11. The van der Waals surface area contributed by atoms with Crippen molar-refractivity contribution in [1.82, 2.24) is 5.32 Å². The van der Waals surface area contributed by atoms with Crippen molar-refractivity contribution < 1.29 is 17.9 Å². The average Bonchev–Trinajstić information content (AvgIpc) is 2.78. The van der Waals surface area contributed by atoms with Crippen molar-refractivity contribution in [1.29, 1.82) is 0 Å². The van der Waals surface area contributed by atoms with Crippen LogP contribution in [0.4, 0.5) is 13.2 Å². The molecule has 0 bridgehead atoms. The predicted octanol–water partition coefficient (Wildman–Crippen LogP) is 1.46. The maximum atomic E-state index is 12.2. The van der Waals surface area contributed by atoms with E-state index < -0.39 is 12.3 Å². The third-order valence-electron chi connectivity index (χ3n) is 2.69. The Labute approximate surface area is 74.4 Å². The summed E-state index contributed by atoms with van der Waals surface area (Å²) in [6.45, 7) is 0.612. The molecule has 76 valence electrons. The Balaban J connectivity index is 1.94. The second-order valence-electron chi connectivity index (χ2n) is 3.84. The maximum absolute atomic E-state index is 12.2. The second-order valence-corrected chi connectivity index (χ2v) is 3.84. The van der Waals surface area contributed by atoms with Gasteiger partial charge in [0.05, 0.1) is 6.61 Å². The first-order valence-corrected chi connectivity index (χ1v) is 4.45. The molecule has 1 N–H and O–H groups in total. The van der Waals surface area contributed by atoms with Gasteiger partial charge < -0.3 is 10.1 Å². The van der Waals surface area contributed by atoms with E-state index in [0.29, 0.717) is 6.54 Å². The van der Waals surface area contributed by atoms with Crippen LogP contribution in [0.25, 0.3) is 0 Å². The quantitative estimate of drug-likeness (QED) is 0.631. The number of ether oxygens (including phenoxy) is 1. The molecule has 0 amide bonds. The molecule has 1 unspecified atom stereocenters. The first-order valence-electron chi connectivity index (χ1n) is 4.45. The third kappa shape index (κ3) is 1.96. The Morgan fingerprint density at radius 2 is 2.00 bits per heavy atom. The lowest BCUT2D eigenvalue weighted by atomic mass is 10.2. The van der Waals surface area contributed by atoms with Crippen molar-refractivity contribution in [3.63, 3.8) is 0 Å². The molecular formula is C8H12F3NO. The highest BCUT2D eigenvalue weighted by atomic mass is 19.4. The van der Waals surface area contributed by atoms with Gasteiger partial charge in [-0.3, -0.25) is 0 Å². The predicted molar refractivity (Wildman–Crippen MR) is 40.4 cm³/mol. The molecule has 13 heavy (non-hydrogen) atoms. The zero-order valence-corrected chi connectivity index (χ0v) is 7.16. The van der Waals surface area contributed by atoms with Crippen LogP contribution < -0.4 is 5.32 Å². The third-order valence-corrected chi connectivity index (χ3v) is 2.69. The average molecular weight is 195 g/mol.